The van der Waals surface area contributed by atoms with Gasteiger partial charge in [-0.25, -0.2) is 0 Å². The van der Waals surface area contributed by atoms with Gasteiger partial charge in [0.2, 0.25) is 5.91 Å². The Hall–Kier alpha value is -1.17. The Morgan fingerprint density at radius 2 is 0.645 bits per heavy atom. The van der Waals surface area contributed by atoms with Crippen molar-refractivity contribution >= 4 is 5.91 Å². The third-order valence-electron chi connectivity index (χ3n) is 13.3. The molecule has 5 nitrogen and oxygen atoms in total. The van der Waals surface area contributed by atoms with Crippen molar-refractivity contribution in [1.82, 2.24) is 5.32 Å². The lowest BCUT2D eigenvalue weighted by Gasteiger charge is -2.26. The van der Waals surface area contributed by atoms with E-state index in [1.807, 2.05) is 0 Å². The van der Waals surface area contributed by atoms with Gasteiger partial charge in [-0.2, -0.15) is 0 Å². The van der Waals surface area contributed by atoms with E-state index in [-0.39, 0.29) is 12.5 Å². The van der Waals surface area contributed by atoms with Gasteiger partial charge in [0.05, 0.1) is 18.8 Å². The molecule has 62 heavy (non-hydrogen) atoms. The first-order chi connectivity index (χ1) is 30.6. The zero-order valence-corrected chi connectivity index (χ0v) is 42.0. The van der Waals surface area contributed by atoms with Crippen LogP contribution < -0.4 is 5.32 Å². The monoisotopic (exact) mass is 874 g/mol. The highest BCUT2D eigenvalue weighted by Crippen LogP contribution is 2.17. The maximum atomic E-state index is 12.5. The van der Waals surface area contributed by atoms with Gasteiger partial charge in [-0.05, 0) is 64.2 Å². The number of rotatable bonds is 52. The second kappa shape index (κ2) is 52.5. The molecule has 0 saturated carbocycles. The molecule has 0 spiro atoms. The van der Waals surface area contributed by atoms with Crippen molar-refractivity contribution in [3.8, 4) is 0 Å². The summed E-state index contributed by atoms with van der Waals surface area (Å²) in [5.41, 5.74) is 0. The molecule has 0 bridgehead atoms. The maximum Gasteiger partial charge on any atom is 0.220 e. The van der Waals surface area contributed by atoms with E-state index in [1.54, 1.807) is 0 Å². The van der Waals surface area contributed by atoms with Crippen LogP contribution in [0.25, 0.3) is 0 Å². The Morgan fingerprint density at radius 1 is 0.387 bits per heavy atom. The molecule has 3 unspecified atom stereocenters. The summed E-state index contributed by atoms with van der Waals surface area (Å²) in [5.74, 6) is -0.149. The van der Waals surface area contributed by atoms with Gasteiger partial charge in [-0.3, -0.25) is 4.79 Å². The smallest absolute Gasteiger partial charge is 0.220 e. The summed E-state index contributed by atoms with van der Waals surface area (Å²) in [6, 6.07) is -0.824. The molecule has 5 heteroatoms. The lowest BCUT2D eigenvalue weighted by atomic mass is 10.0. The van der Waals surface area contributed by atoms with Crippen LogP contribution in [0.2, 0.25) is 0 Å². The fraction of sp³-hybridized carbons (Fsp3) is 0.912. The number of carbonyl (C=O) groups excluding carboxylic acids is 1. The van der Waals surface area contributed by atoms with Crippen molar-refractivity contribution in [3.05, 3.63) is 24.3 Å². The van der Waals surface area contributed by atoms with Crippen LogP contribution in [-0.4, -0.2) is 46.1 Å². The summed E-state index contributed by atoms with van der Waals surface area (Å²) in [7, 11) is 0. The normalized spacial score (nSPS) is 13.4. The molecular formula is C57H111NO4. The third-order valence-corrected chi connectivity index (χ3v) is 13.3. The van der Waals surface area contributed by atoms with Gasteiger partial charge < -0.3 is 20.6 Å². The van der Waals surface area contributed by atoms with Crippen LogP contribution in [0.3, 0.4) is 0 Å². The van der Waals surface area contributed by atoms with Gasteiger partial charge in [0.1, 0.15) is 6.10 Å². The largest absolute Gasteiger partial charge is 0.394 e. The minimum atomic E-state index is -1.16. The van der Waals surface area contributed by atoms with Crippen LogP contribution >= 0.6 is 0 Å². The van der Waals surface area contributed by atoms with Crippen molar-refractivity contribution in [2.75, 3.05) is 6.61 Å². The Morgan fingerprint density at radius 3 is 0.935 bits per heavy atom. The fourth-order valence-electron chi connectivity index (χ4n) is 8.93. The van der Waals surface area contributed by atoms with Crippen molar-refractivity contribution < 1.29 is 20.1 Å². The van der Waals surface area contributed by atoms with Gasteiger partial charge in [0, 0.05) is 6.42 Å². The molecule has 0 fully saturated rings. The zero-order chi connectivity index (χ0) is 45.1. The fourth-order valence-corrected chi connectivity index (χ4v) is 8.93. The van der Waals surface area contributed by atoms with Crippen molar-refractivity contribution in [1.29, 1.82) is 0 Å². The van der Waals surface area contributed by atoms with Crippen molar-refractivity contribution in [2.24, 2.45) is 0 Å². The number of aliphatic hydroxyl groups excluding tert-OH is 3. The first-order valence-electron chi connectivity index (χ1n) is 28.1. The lowest BCUT2D eigenvalue weighted by molar-refractivity contribution is -0.124. The quantitative estimate of drug-likeness (QED) is 0.0362. The minimum Gasteiger partial charge on any atom is -0.394 e. The summed E-state index contributed by atoms with van der Waals surface area (Å²) < 4.78 is 0. The standard InChI is InChI=1S/C57H111NO4/c1-3-5-7-9-11-13-15-17-19-21-22-23-24-25-26-27-28-29-30-31-32-33-34-35-36-38-40-42-44-46-48-50-52-56(61)58-54(53-59)57(62)55(60)51-49-47-45-43-41-39-37-20-18-16-14-12-10-8-6-4-2/h25-26,43,45,54-55,57,59-60,62H,3-24,27-42,44,46-53H2,1-2H3,(H,58,61)/b26-25-,45-43+. The average molecular weight is 875 g/mol. The molecule has 0 aromatic rings. The summed E-state index contributed by atoms with van der Waals surface area (Å²) >= 11 is 0. The Bertz CT molecular complexity index is 920. The minimum absolute atomic E-state index is 0.149. The lowest BCUT2D eigenvalue weighted by Crippen LogP contribution is -2.50. The van der Waals surface area contributed by atoms with Crippen LogP contribution in [0.5, 0.6) is 0 Å². The van der Waals surface area contributed by atoms with E-state index < -0.39 is 18.2 Å². The molecule has 0 aliphatic rings. The average Bonchev–Trinajstić information content (AvgIpc) is 3.28. The molecule has 1 amide bonds. The number of carbonyl (C=O) groups is 1. The van der Waals surface area contributed by atoms with Gasteiger partial charge in [0.15, 0.2) is 0 Å². The van der Waals surface area contributed by atoms with E-state index in [0.717, 1.165) is 38.5 Å². The summed E-state index contributed by atoms with van der Waals surface area (Å²) in [4.78, 5) is 12.5. The second-order valence-corrected chi connectivity index (χ2v) is 19.5. The number of hydrogen-bond donors (Lipinski definition) is 4. The van der Waals surface area contributed by atoms with Crippen molar-refractivity contribution in [2.45, 2.75) is 327 Å². The van der Waals surface area contributed by atoms with E-state index in [9.17, 15) is 20.1 Å². The number of unbranched alkanes of at least 4 members (excludes halogenated alkanes) is 40. The molecule has 0 aliphatic heterocycles. The van der Waals surface area contributed by atoms with E-state index >= 15 is 0 Å². The highest BCUT2D eigenvalue weighted by molar-refractivity contribution is 5.76. The summed E-state index contributed by atoms with van der Waals surface area (Å²) in [5, 5.41) is 33.7. The first kappa shape index (κ1) is 60.8. The number of allylic oxidation sites excluding steroid dienone is 4. The SMILES string of the molecule is CCCCCCCCCCCCC/C=C/CCCC(O)C(O)C(CO)NC(=O)CCCCCCCCCCCCCCCCCC/C=C\CCCCCCCCCCCCCC. The number of amides is 1. The van der Waals surface area contributed by atoms with Crippen LogP contribution in [0, 0.1) is 0 Å². The predicted molar refractivity (Wildman–Crippen MR) is 273 cm³/mol. The molecule has 368 valence electrons. The van der Waals surface area contributed by atoms with Crippen LogP contribution in [0.4, 0.5) is 0 Å². The molecule has 0 radical (unpaired) electrons. The molecule has 0 aromatic heterocycles. The number of nitrogens with one attached hydrogen (secondary N) is 1. The van der Waals surface area contributed by atoms with Crippen LogP contribution in [-0.2, 0) is 4.79 Å². The predicted octanol–water partition coefficient (Wildman–Crippen LogP) is 17.3. The highest BCUT2D eigenvalue weighted by atomic mass is 16.3. The van der Waals surface area contributed by atoms with E-state index in [1.165, 1.54) is 244 Å². The zero-order valence-electron chi connectivity index (χ0n) is 42.0. The molecule has 4 N–H and O–H groups in total. The maximum absolute atomic E-state index is 12.5. The van der Waals surface area contributed by atoms with Gasteiger partial charge in [0.25, 0.3) is 0 Å². The molecular weight excluding hydrogens is 763 g/mol. The molecule has 3 atom stereocenters. The van der Waals surface area contributed by atoms with E-state index in [4.69, 9.17) is 0 Å². The van der Waals surface area contributed by atoms with Gasteiger partial charge in [-0.15, -0.1) is 0 Å². The topological polar surface area (TPSA) is 89.8 Å². The molecule has 0 aromatic carbocycles. The summed E-state index contributed by atoms with van der Waals surface area (Å²) in [6.45, 7) is 4.20. The Labute approximate surface area is 388 Å². The Kier molecular flexibility index (Phi) is 51.5. The molecule has 0 saturated heterocycles. The van der Waals surface area contributed by atoms with Crippen LogP contribution in [0.1, 0.15) is 309 Å². The highest BCUT2D eigenvalue weighted by Gasteiger charge is 2.26. The van der Waals surface area contributed by atoms with Gasteiger partial charge in [-0.1, -0.05) is 263 Å². The molecule has 0 heterocycles. The van der Waals surface area contributed by atoms with E-state index in [0.29, 0.717) is 12.8 Å². The number of aliphatic hydroxyl groups is 3. The van der Waals surface area contributed by atoms with E-state index in [2.05, 4.69) is 43.5 Å². The summed E-state index contributed by atoms with van der Waals surface area (Å²) in [6.07, 6.45) is 66.3. The third kappa shape index (κ3) is 46.8. The van der Waals surface area contributed by atoms with Crippen molar-refractivity contribution in [3.63, 3.8) is 0 Å². The second-order valence-electron chi connectivity index (χ2n) is 19.5. The first-order valence-corrected chi connectivity index (χ1v) is 28.1. The Balaban J connectivity index is 3.50. The molecule has 0 rings (SSSR count). The van der Waals surface area contributed by atoms with Crippen LogP contribution in [0.15, 0.2) is 24.3 Å². The molecule has 0 aliphatic carbocycles. The van der Waals surface area contributed by atoms with Gasteiger partial charge >= 0.3 is 0 Å². The number of hydrogen-bond acceptors (Lipinski definition) is 4.